The normalized spacial score (nSPS) is 9.00. The first-order chi connectivity index (χ1) is 6.43. The van der Waals surface area contributed by atoms with E-state index >= 15 is 0 Å². The smallest absolute Gasteiger partial charge is 0.117 e. The fourth-order valence-corrected chi connectivity index (χ4v) is 0.852. The van der Waals surface area contributed by atoms with Crippen LogP contribution in [0.4, 0.5) is 0 Å². The third-order valence-corrected chi connectivity index (χ3v) is 1.44. The van der Waals surface area contributed by atoms with Gasteiger partial charge in [-0.05, 0) is 37.5 Å². The minimum absolute atomic E-state index is 0.741. The summed E-state index contributed by atoms with van der Waals surface area (Å²) in [6.07, 6.45) is 2.70. The van der Waals surface area contributed by atoms with Crippen LogP contribution >= 0.6 is 12.2 Å². The van der Waals surface area contributed by atoms with Gasteiger partial charge < -0.3 is 15.5 Å². The molecule has 0 aliphatic carbocycles. The number of thiocarbonyl (C=S) groups is 1. The van der Waals surface area contributed by atoms with E-state index in [-0.39, 0.29) is 0 Å². The minimum atomic E-state index is 0.741. The molecule has 0 bridgehead atoms. The van der Waals surface area contributed by atoms with E-state index in [2.05, 4.69) is 23.4 Å². The second-order valence-electron chi connectivity index (χ2n) is 2.40. The molecule has 0 aliphatic rings. The fraction of sp³-hybridized carbons (Fsp3) is 0.444. The maximum Gasteiger partial charge on any atom is 0.117 e. The van der Waals surface area contributed by atoms with E-state index in [0.717, 1.165) is 31.8 Å². The van der Waals surface area contributed by atoms with E-state index in [9.17, 15) is 0 Å². The van der Waals surface area contributed by atoms with Crippen molar-refractivity contribution in [3.63, 3.8) is 0 Å². The van der Waals surface area contributed by atoms with Crippen molar-refractivity contribution in [2.75, 3.05) is 13.1 Å². The van der Waals surface area contributed by atoms with Crippen LogP contribution in [0.15, 0.2) is 22.8 Å². The molecule has 1 heterocycles. The lowest BCUT2D eigenvalue weighted by Gasteiger charge is -1.99. The molecule has 0 atom stereocenters. The Bertz CT molecular complexity index is 190. The molecule has 0 amide bonds. The number of furan rings is 1. The Kier molecular flexibility index (Phi) is 8.87. The number of nitrogens with two attached hydrogens (primary N) is 1. The summed E-state index contributed by atoms with van der Waals surface area (Å²) in [5.41, 5.74) is 5.32. The first-order valence-corrected chi connectivity index (χ1v) is 4.73. The molecule has 0 unspecified atom stereocenters. The van der Waals surface area contributed by atoms with Crippen molar-refractivity contribution in [3.05, 3.63) is 24.2 Å². The zero-order valence-corrected chi connectivity index (χ0v) is 8.48. The molecule has 4 heteroatoms. The predicted octanol–water partition coefficient (Wildman–Crippen LogP) is 1.33. The van der Waals surface area contributed by atoms with Crippen molar-refractivity contribution in [1.29, 1.82) is 0 Å². The largest absolute Gasteiger partial charge is 0.468 e. The van der Waals surface area contributed by atoms with Crippen LogP contribution in [0.5, 0.6) is 0 Å². The van der Waals surface area contributed by atoms with Gasteiger partial charge in [-0.1, -0.05) is 12.2 Å². The van der Waals surface area contributed by atoms with E-state index in [0.29, 0.717) is 0 Å². The summed E-state index contributed by atoms with van der Waals surface area (Å²) in [6.45, 7) is 2.50. The predicted molar refractivity (Wildman–Crippen MR) is 58.8 cm³/mol. The second kappa shape index (κ2) is 9.38. The van der Waals surface area contributed by atoms with Crippen molar-refractivity contribution in [2.24, 2.45) is 5.73 Å². The van der Waals surface area contributed by atoms with E-state index in [4.69, 9.17) is 10.2 Å². The van der Waals surface area contributed by atoms with Crippen LogP contribution in [0.2, 0.25) is 0 Å². The van der Waals surface area contributed by atoms with E-state index in [1.54, 1.807) is 6.26 Å². The van der Waals surface area contributed by atoms with Gasteiger partial charge in [0.2, 0.25) is 0 Å². The van der Waals surface area contributed by atoms with Crippen molar-refractivity contribution < 1.29 is 4.42 Å². The number of nitrogens with one attached hydrogen (secondary N) is 1. The molecule has 0 spiro atoms. The SMILES string of the molecule is C=S.NCCCNCc1ccco1. The Morgan fingerprint density at radius 3 is 2.85 bits per heavy atom. The fourth-order valence-electron chi connectivity index (χ4n) is 0.852. The molecule has 0 aliphatic heterocycles. The van der Waals surface area contributed by atoms with Crippen LogP contribution in [0.1, 0.15) is 12.2 Å². The summed E-state index contributed by atoms with van der Waals surface area (Å²) in [7, 11) is 0. The van der Waals surface area contributed by atoms with Crippen LogP contribution in [-0.4, -0.2) is 19.0 Å². The Morgan fingerprint density at radius 2 is 2.31 bits per heavy atom. The van der Waals surface area contributed by atoms with Crippen LogP contribution in [0.3, 0.4) is 0 Å². The molecule has 0 saturated carbocycles. The van der Waals surface area contributed by atoms with Gasteiger partial charge in [-0.3, -0.25) is 0 Å². The maximum absolute atomic E-state index is 5.32. The summed E-state index contributed by atoms with van der Waals surface area (Å²) in [5.74, 6) is 3.81. The highest BCUT2D eigenvalue weighted by Gasteiger charge is 1.92. The third-order valence-electron chi connectivity index (χ3n) is 1.44. The van der Waals surface area contributed by atoms with Gasteiger partial charge in [0.25, 0.3) is 0 Å². The molecule has 1 rings (SSSR count). The number of hydrogen-bond acceptors (Lipinski definition) is 4. The number of rotatable bonds is 5. The van der Waals surface area contributed by atoms with Gasteiger partial charge in [0.1, 0.15) is 5.76 Å². The first kappa shape index (κ1) is 12.3. The third kappa shape index (κ3) is 6.45. The zero-order chi connectivity index (χ0) is 9.94. The van der Waals surface area contributed by atoms with E-state index in [1.165, 1.54) is 0 Å². The summed E-state index contributed by atoms with van der Waals surface area (Å²) in [4.78, 5) is 0. The molecule has 3 N–H and O–H groups in total. The van der Waals surface area contributed by atoms with Crippen LogP contribution in [0.25, 0.3) is 0 Å². The molecule has 13 heavy (non-hydrogen) atoms. The van der Waals surface area contributed by atoms with Crippen LogP contribution < -0.4 is 11.1 Å². The lowest BCUT2D eigenvalue weighted by Crippen LogP contribution is -2.17. The summed E-state index contributed by atoms with van der Waals surface area (Å²) in [6, 6.07) is 3.84. The molecular weight excluding hydrogens is 184 g/mol. The van der Waals surface area contributed by atoms with Gasteiger partial charge in [-0.2, -0.15) is 0 Å². The lowest BCUT2D eigenvalue weighted by atomic mass is 10.4. The first-order valence-electron chi connectivity index (χ1n) is 4.15. The van der Waals surface area contributed by atoms with Crippen LogP contribution in [-0.2, 0) is 6.54 Å². The maximum atomic E-state index is 5.32. The van der Waals surface area contributed by atoms with Crippen LogP contribution in [0, 0.1) is 0 Å². The van der Waals surface area contributed by atoms with E-state index in [1.807, 2.05) is 12.1 Å². The topological polar surface area (TPSA) is 51.2 Å². The zero-order valence-electron chi connectivity index (χ0n) is 7.66. The average molecular weight is 200 g/mol. The molecule has 0 aromatic carbocycles. The highest BCUT2D eigenvalue weighted by atomic mass is 32.1. The monoisotopic (exact) mass is 200 g/mol. The van der Waals surface area contributed by atoms with Crippen molar-refractivity contribution in [1.82, 2.24) is 5.32 Å². The van der Waals surface area contributed by atoms with Gasteiger partial charge in [-0.25, -0.2) is 0 Å². The highest BCUT2D eigenvalue weighted by molar-refractivity contribution is 7.77. The lowest BCUT2D eigenvalue weighted by molar-refractivity contribution is 0.482. The summed E-state index contributed by atoms with van der Waals surface area (Å²) in [5, 5.41) is 3.21. The Balaban J connectivity index is 0.000000671. The number of hydrogen-bond donors (Lipinski definition) is 2. The molecule has 3 nitrogen and oxygen atoms in total. The van der Waals surface area contributed by atoms with Gasteiger partial charge >= 0.3 is 0 Å². The summed E-state index contributed by atoms with van der Waals surface area (Å²) < 4.78 is 5.12. The van der Waals surface area contributed by atoms with Crippen molar-refractivity contribution in [2.45, 2.75) is 13.0 Å². The van der Waals surface area contributed by atoms with Crippen molar-refractivity contribution >= 4 is 18.1 Å². The Hall–Kier alpha value is -0.710. The molecule has 0 saturated heterocycles. The second-order valence-corrected chi connectivity index (χ2v) is 2.40. The quantitative estimate of drug-likeness (QED) is 0.556. The molecule has 1 aromatic heterocycles. The molecular formula is C9H16N2OS. The molecule has 1 aromatic rings. The molecule has 0 radical (unpaired) electrons. The van der Waals surface area contributed by atoms with Gasteiger partial charge in [-0.15, -0.1) is 0 Å². The van der Waals surface area contributed by atoms with E-state index < -0.39 is 0 Å². The van der Waals surface area contributed by atoms with Crippen molar-refractivity contribution in [3.8, 4) is 0 Å². The standard InChI is InChI=1S/C8H14N2O.CH2S/c9-4-2-5-10-7-8-3-1-6-11-8;1-2/h1,3,6,10H,2,4-5,7,9H2;1H2. The van der Waals surface area contributed by atoms with Gasteiger partial charge in [0.15, 0.2) is 0 Å². The average Bonchev–Trinajstić information content (AvgIpc) is 2.68. The Labute approximate surface area is 84.3 Å². The molecule has 74 valence electrons. The highest BCUT2D eigenvalue weighted by Crippen LogP contribution is 1.97. The Morgan fingerprint density at radius 1 is 1.54 bits per heavy atom. The summed E-state index contributed by atoms with van der Waals surface area (Å²) >= 11 is 3.83. The van der Waals surface area contributed by atoms with Gasteiger partial charge in [0, 0.05) is 0 Å². The minimum Gasteiger partial charge on any atom is -0.468 e. The van der Waals surface area contributed by atoms with Gasteiger partial charge in [0.05, 0.1) is 12.8 Å². The molecule has 0 fully saturated rings.